The highest BCUT2D eigenvalue weighted by molar-refractivity contribution is 5.92. The number of hydrogen-bond acceptors (Lipinski definition) is 4. The number of carboxylic acids is 1. The molecule has 0 radical (unpaired) electrons. The Bertz CT molecular complexity index is 784. The van der Waals surface area contributed by atoms with Crippen molar-refractivity contribution in [1.29, 1.82) is 0 Å². The van der Waals surface area contributed by atoms with Gasteiger partial charge in [-0.3, -0.25) is 14.5 Å². The van der Waals surface area contributed by atoms with Crippen molar-refractivity contribution in [2.75, 3.05) is 18.9 Å². The van der Waals surface area contributed by atoms with Crippen molar-refractivity contribution in [3.63, 3.8) is 0 Å². The van der Waals surface area contributed by atoms with Crippen LogP contribution in [0.15, 0.2) is 36.4 Å². The number of anilines is 1. The van der Waals surface area contributed by atoms with E-state index in [4.69, 9.17) is 5.11 Å². The first kappa shape index (κ1) is 22.7. The number of carbonyl (C=O) groups is 2. The third-order valence-corrected chi connectivity index (χ3v) is 4.16. The van der Waals surface area contributed by atoms with Crippen LogP contribution in [0.2, 0.25) is 0 Å². The normalized spacial score (nSPS) is 12.4. The fourth-order valence-corrected chi connectivity index (χ4v) is 2.34. The van der Waals surface area contributed by atoms with Gasteiger partial charge in [0.15, 0.2) is 0 Å². The summed E-state index contributed by atoms with van der Waals surface area (Å²) >= 11 is 0. The van der Waals surface area contributed by atoms with Gasteiger partial charge in [0.1, 0.15) is 11.9 Å². The highest BCUT2D eigenvalue weighted by Crippen LogP contribution is 2.26. The summed E-state index contributed by atoms with van der Waals surface area (Å²) in [7, 11) is 1.60. The second kappa shape index (κ2) is 9.01. The maximum atomic E-state index is 12.4. The molecule has 1 amide bonds. The van der Waals surface area contributed by atoms with Gasteiger partial charge in [-0.15, -0.1) is 12.4 Å². The van der Waals surface area contributed by atoms with Crippen molar-refractivity contribution < 1.29 is 14.7 Å². The Kier molecular flexibility index (Phi) is 7.56. The number of hydrogen-bond donors (Lipinski definition) is 2. The maximum absolute atomic E-state index is 12.4. The van der Waals surface area contributed by atoms with E-state index in [9.17, 15) is 9.59 Å². The molecule has 8 heteroatoms. The topological polar surface area (TPSA) is 87.5 Å². The monoisotopic (exact) mass is 394 g/mol. The number of nitrogens with one attached hydrogen (secondary N) is 1. The van der Waals surface area contributed by atoms with Crippen LogP contribution in [0.1, 0.15) is 33.4 Å². The molecule has 0 saturated heterocycles. The molecule has 0 aliphatic carbocycles. The zero-order chi connectivity index (χ0) is 19.5. The Labute approximate surface area is 165 Å². The average molecular weight is 395 g/mol. The first-order valence-electron chi connectivity index (χ1n) is 8.48. The number of aromatic nitrogens is 2. The number of carbonyl (C=O) groups excluding carboxylic acids is 1. The lowest BCUT2D eigenvalue weighted by atomic mass is 9.92. The largest absolute Gasteiger partial charge is 0.480 e. The van der Waals surface area contributed by atoms with E-state index in [-0.39, 0.29) is 30.3 Å². The fourth-order valence-electron chi connectivity index (χ4n) is 2.34. The van der Waals surface area contributed by atoms with Crippen LogP contribution in [-0.2, 0) is 15.0 Å². The van der Waals surface area contributed by atoms with Gasteiger partial charge >= 0.3 is 5.97 Å². The molecule has 0 aliphatic heterocycles. The van der Waals surface area contributed by atoms with Crippen LogP contribution in [-0.4, -0.2) is 51.3 Å². The van der Waals surface area contributed by atoms with Gasteiger partial charge in [0.2, 0.25) is 5.91 Å². The number of rotatable bonds is 6. The van der Waals surface area contributed by atoms with E-state index in [1.54, 1.807) is 18.7 Å². The number of carboxylic acid groups (broad SMARTS) is 1. The lowest BCUT2D eigenvalue weighted by molar-refractivity contribution is -0.142. The van der Waals surface area contributed by atoms with Gasteiger partial charge in [-0.25, -0.2) is 4.68 Å². The molecule has 1 unspecified atom stereocenters. The first-order valence-corrected chi connectivity index (χ1v) is 8.48. The van der Waals surface area contributed by atoms with Gasteiger partial charge in [-0.1, -0.05) is 39.0 Å². The number of halogens is 1. The van der Waals surface area contributed by atoms with Crippen LogP contribution < -0.4 is 5.32 Å². The Morgan fingerprint density at radius 2 is 1.85 bits per heavy atom. The fraction of sp³-hybridized carbons (Fsp3) is 0.421. The predicted molar refractivity (Wildman–Crippen MR) is 108 cm³/mol. The van der Waals surface area contributed by atoms with Crippen molar-refractivity contribution in [2.45, 2.75) is 39.2 Å². The summed E-state index contributed by atoms with van der Waals surface area (Å²) in [6, 6.07) is 10.7. The van der Waals surface area contributed by atoms with E-state index in [0.717, 1.165) is 11.4 Å². The summed E-state index contributed by atoms with van der Waals surface area (Å²) in [5, 5.41) is 16.5. The zero-order valence-corrected chi connectivity index (χ0v) is 17.1. The van der Waals surface area contributed by atoms with E-state index in [1.807, 2.05) is 36.4 Å². The minimum Gasteiger partial charge on any atom is -0.480 e. The van der Waals surface area contributed by atoms with Crippen molar-refractivity contribution >= 4 is 30.1 Å². The summed E-state index contributed by atoms with van der Waals surface area (Å²) in [5.74, 6) is -0.703. The van der Waals surface area contributed by atoms with Gasteiger partial charge in [0.05, 0.1) is 17.9 Å². The van der Waals surface area contributed by atoms with Crippen molar-refractivity contribution in [2.24, 2.45) is 0 Å². The lowest BCUT2D eigenvalue weighted by Crippen LogP contribution is -2.40. The molecule has 7 nitrogen and oxygen atoms in total. The van der Waals surface area contributed by atoms with Gasteiger partial charge in [0, 0.05) is 11.5 Å². The average Bonchev–Trinajstić information content (AvgIpc) is 2.98. The zero-order valence-electron chi connectivity index (χ0n) is 16.3. The number of nitrogens with zero attached hydrogens (tertiary/aromatic N) is 3. The van der Waals surface area contributed by atoms with E-state index >= 15 is 0 Å². The molecule has 1 aromatic heterocycles. The molecule has 1 aromatic carbocycles. The molecule has 2 rings (SSSR count). The molecule has 2 N–H and O–H groups in total. The summed E-state index contributed by atoms with van der Waals surface area (Å²) < 4.78 is 1.69. The Balaban J connectivity index is 0.00000364. The summed E-state index contributed by atoms with van der Waals surface area (Å²) in [5.41, 5.74) is 1.52. The van der Waals surface area contributed by atoms with E-state index in [2.05, 4.69) is 31.2 Å². The van der Waals surface area contributed by atoms with Crippen LogP contribution in [0.4, 0.5) is 5.82 Å². The molecule has 0 spiro atoms. The highest BCUT2D eigenvalue weighted by Gasteiger charge is 2.23. The summed E-state index contributed by atoms with van der Waals surface area (Å²) in [4.78, 5) is 24.9. The van der Waals surface area contributed by atoms with E-state index < -0.39 is 12.0 Å². The van der Waals surface area contributed by atoms with Crippen molar-refractivity contribution in [3.05, 3.63) is 42.1 Å². The van der Waals surface area contributed by atoms with Crippen LogP contribution in [0.25, 0.3) is 5.69 Å². The maximum Gasteiger partial charge on any atom is 0.320 e. The number of benzene rings is 1. The number of para-hydroxylation sites is 1. The number of likely N-dealkylation sites (N-methyl/N-ethyl adjacent to an activating group) is 1. The SMILES string of the molecule is CC(C(=O)O)N(C)CC(=O)Nc1cc(C(C)(C)C)nn1-c1ccccc1.Cl. The molecular formula is C19H27ClN4O3. The standard InChI is InChI=1S/C19H26N4O3.ClH/c1-13(18(25)26)22(5)12-17(24)20-16-11-15(19(2,3)4)21-23(16)14-9-7-6-8-10-14;/h6-11,13H,12H2,1-5H3,(H,20,24)(H,25,26);1H. The predicted octanol–water partition coefficient (Wildman–Crippen LogP) is 2.94. The second-order valence-corrected chi connectivity index (χ2v) is 7.39. The van der Waals surface area contributed by atoms with E-state index in [0.29, 0.717) is 5.82 Å². The third-order valence-electron chi connectivity index (χ3n) is 4.16. The summed E-state index contributed by atoms with van der Waals surface area (Å²) in [6.07, 6.45) is 0. The minimum atomic E-state index is -0.968. The Morgan fingerprint density at radius 3 is 2.37 bits per heavy atom. The smallest absolute Gasteiger partial charge is 0.320 e. The molecule has 0 aliphatic rings. The molecule has 0 bridgehead atoms. The molecular weight excluding hydrogens is 368 g/mol. The quantitative estimate of drug-likeness (QED) is 0.786. The van der Waals surface area contributed by atoms with Gasteiger partial charge in [0.25, 0.3) is 0 Å². The van der Waals surface area contributed by atoms with Crippen LogP contribution >= 0.6 is 12.4 Å². The van der Waals surface area contributed by atoms with Gasteiger partial charge in [-0.2, -0.15) is 5.10 Å². The number of amides is 1. The first-order chi connectivity index (χ1) is 12.1. The minimum absolute atomic E-state index is 0. The molecule has 1 heterocycles. The molecule has 148 valence electrons. The van der Waals surface area contributed by atoms with Gasteiger partial charge in [-0.05, 0) is 26.1 Å². The van der Waals surface area contributed by atoms with Crippen molar-refractivity contribution in [3.8, 4) is 5.69 Å². The molecule has 1 atom stereocenters. The lowest BCUT2D eigenvalue weighted by Gasteiger charge is -2.20. The van der Waals surface area contributed by atoms with Crippen LogP contribution in [0, 0.1) is 0 Å². The highest BCUT2D eigenvalue weighted by atomic mass is 35.5. The third kappa shape index (κ3) is 5.80. The Morgan fingerprint density at radius 1 is 1.26 bits per heavy atom. The molecule has 27 heavy (non-hydrogen) atoms. The van der Waals surface area contributed by atoms with Crippen LogP contribution in [0.5, 0.6) is 0 Å². The molecule has 0 fully saturated rings. The Hall–Kier alpha value is -2.38. The number of aliphatic carboxylic acids is 1. The molecule has 0 saturated carbocycles. The summed E-state index contributed by atoms with van der Waals surface area (Å²) in [6.45, 7) is 7.68. The van der Waals surface area contributed by atoms with Crippen molar-refractivity contribution in [1.82, 2.24) is 14.7 Å². The molecule has 2 aromatic rings. The van der Waals surface area contributed by atoms with Crippen LogP contribution in [0.3, 0.4) is 0 Å². The van der Waals surface area contributed by atoms with E-state index in [1.165, 1.54) is 4.90 Å². The second-order valence-electron chi connectivity index (χ2n) is 7.39. The van der Waals surface area contributed by atoms with Gasteiger partial charge < -0.3 is 10.4 Å².